The Balaban J connectivity index is 2.40. The summed E-state index contributed by atoms with van der Waals surface area (Å²) in [6.45, 7) is 6.65. The fourth-order valence-corrected chi connectivity index (χ4v) is 3.43. The molecule has 2 N–H and O–H groups in total. The molecule has 0 atom stereocenters. The lowest BCUT2D eigenvalue weighted by Gasteiger charge is -2.17. The molecule has 0 radical (unpaired) electrons. The molecule has 1 aromatic heterocycles. The molecule has 0 spiro atoms. The van der Waals surface area contributed by atoms with Crippen LogP contribution in [0.1, 0.15) is 23.8 Å². The summed E-state index contributed by atoms with van der Waals surface area (Å²) < 4.78 is 28.0. The van der Waals surface area contributed by atoms with Crippen molar-refractivity contribution in [1.29, 1.82) is 0 Å². The van der Waals surface area contributed by atoms with Crippen LogP contribution in [0.5, 0.6) is 0 Å². The van der Waals surface area contributed by atoms with Crippen LogP contribution in [0.3, 0.4) is 0 Å². The maximum Gasteiger partial charge on any atom is 0.279 e. The van der Waals surface area contributed by atoms with Gasteiger partial charge in [-0.25, -0.2) is 0 Å². The van der Waals surface area contributed by atoms with E-state index < -0.39 is 10.2 Å². The molecule has 19 heavy (non-hydrogen) atoms. The van der Waals surface area contributed by atoms with Crippen molar-refractivity contribution in [2.45, 2.75) is 26.8 Å². The molecule has 0 fully saturated rings. The number of aryl methyl sites for hydroxylation is 1. The van der Waals surface area contributed by atoms with Crippen LogP contribution in [0.15, 0.2) is 11.4 Å². The molecule has 110 valence electrons. The maximum atomic E-state index is 12.0. The van der Waals surface area contributed by atoms with Gasteiger partial charge >= 0.3 is 0 Å². The van der Waals surface area contributed by atoms with Crippen LogP contribution in [0, 0.1) is 6.92 Å². The van der Waals surface area contributed by atoms with Gasteiger partial charge in [0.2, 0.25) is 0 Å². The van der Waals surface area contributed by atoms with E-state index in [4.69, 9.17) is 0 Å². The number of thiophene rings is 1. The largest absolute Gasteiger partial charge is 0.317 e. The van der Waals surface area contributed by atoms with Crippen LogP contribution < -0.4 is 10.0 Å². The monoisotopic (exact) mass is 305 g/mol. The van der Waals surface area contributed by atoms with Crippen molar-refractivity contribution < 1.29 is 8.42 Å². The molecule has 0 unspecified atom stereocenters. The van der Waals surface area contributed by atoms with Gasteiger partial charge in [0.25, 0.3) is 10.2 Å². The van der Waals surface area contributed by atoms with E-state index in [9.17, 15) is 8.42 Å². The minimum atomic E-state index is -3.38. The molecule has 5 nitrogen and oxygen atoms in total. The Morgan fingerprint density at radius 3 is 2.74 bits per heavy atom. The third-order valence-corrected chi connectivity index (χ3v) is 5.41. The SMILES string of the molecule is CCNCCCN(C)S(=O)(=O)NCc1sccc1C. The zero-order valence-electron chi connectivity index (χ0n) is 11.8. The lowest BCUT2D eigenvalue weighted by Crippen LogP contribution is -2.39. The zero-order chi connectivity index (χ0) is 14.3. The number of nitrogens with one attached hydrogen (secondary N) is 2. The van der Waals surface area contributed by atoms with Crippen molar-refractivity contribution >= 4 is 21.5 Å². The summed E-state index contributed by atoms with van der Waals surface area (Å²) in [5.74, 6) is 0. The molecule has 0 amide bonds. The Kier molecular flexibility index (Phi) is 6.95. The van der Waals surface area contributed by atoms with Gasteiger partial charge in [-0.3, -0.25) is 0 Å². The van der Waals surface area contributed by atoms with E-state index in [0.29, 0.717) is 13.1 Å². The molecule has 7 heteroatoms. The van der Waals surface area contributed by atoms with Gasteiger partial charge < -0.3 is 5.32 Å². The van der Waals surface area contributed by atoms with E-state index in [0.717, 1.165) is 30.0 Å². The van der Waals surface area contributed by atoms with Crippen molar-refractivity contribution in [2.24, 2.45) is 0 Å². The predicted molar refractivity (Wildman–Crippen MR) is 80.6 cm³/mol. The second kappa shape index (κ2) is 7.96. The normalized spacial score (nSPS) is 12.2. The number of nitrogens with zero attached hydrogens (tertiary/aromatic N) is 1. The highest BCUT2D eigenvalue weighted by Crippen LogP contribution is 2.15. The summed E-state index contributed by atoms with van der Waals surface area (Å²) in [4.78, 5) is 1.06. The molecular formula is C12H23N3O2S2. The molecule has 0 bridgehead atoms. The molecule has 0 aliphatic carbocycles. The molecule has 0 aliphatic heterocycles. The van der Waals surface area contributed by atoms with Crippen LogP contribution >= 0.6 is 11.3 Å². The van der Waals surface area contributed by atoms with Gasteiger partial charge in [0.05, 0.1) is 0 Å². The average molecular weight is 305 g/mol. The summed E-state index contributed by atoms with van der Waals surface area (Å²) in [5.41, 5.74) is 1.13. The Hall–Kier alpha value is -0.470. The molecule has 0 aromatic carbocycles. The Labute approximate surface area is 120 Å². The minimum Gasteiger partial charge on any atom is -0.317 e. The zero-order valence-corrected chi connectivity index (χ0v) is 13.4. The van der Waals surface area contributed by atoms with E-state index in [2.05, 4.69) is 10.0 Å². The van der Waals surface area contributed by atoms with E-state index >= 15 is 0 Å². The van der Waals surface area contributed by atoms with Crippen LogP contribution in [0.2, 0.25) is 0 Å². The summed E-state index contributed by atoms with van der Waals surface area (Å²) in [6, 6.07) is 1.99. The number of hydrogen-bond acceptors (Lipinski definition) is 4. The molecule has 0 aliphatic rings. The first-order valence-corrected chi connectivity index (χ1v) is 8.74. The Bertz CT molecular complexity index is 471. The summed E-state index contributed by atoms with van der Waals surface area (Å²) in [6.07, 6.45) is 0.809. The molecular weight excluding hydrogens is 282 g/mol. The highest BCUT2D eigenvalue weighted by molar-refractivity contribution is 7.87. The van der Waals surface area contributed by atoms with E-state index in [-0.39, 0.29) is 0 Å². The average Bonchev–Trinajstić information content (AvgIpc) is 2.77. The van der Waals surface area contributed by atoms with Gasteiger partial charge in [0.1, 0.15) is 0 Å². The van der Waals surface area contributed by atoms with Gasteiger partial charge in [0, 0.05) is 25.0 Å². The summed E-state index contributed by atoms with van der Waals surface area (Å²) in [7, 11) is -1.77. The molecule has 1 aromatic rings. The van der Waals surface area contributed by atoms with Crippen LogP contribution in [-0.4, -0.2) is 39.4 Å². The maximum absolute atomic E-state index is 12.0. The quantitative estimate of drug-likeness (QED) is 0.677. The molecule has 1 heterocycles. The van der Waals surface area contributed by atoms with Gasteiger partial charge in [-0.2, -0.15) is 17.4 Å². The van der Waals surface area contributed by atoms with Crippen LogP contribution in [-0.2, 0) is 16.8 Å². The van der Waals surface area contributed by atoms with Crippen LogP contribution in [0.25, 0.3) is 0 Å². The third kappa shape index (κ3) is 5.58. The van der Waals surface area contributed by atoms with Crippen molar-refractivity contribution in [1.82, 2.24) is 14.3 Å². The first kappa shape index (κ1) is 16.6. The predicted octanol–water partition coefficient (Wildman–Crippen LogP) is 1.32. The van der Waals surface area contributed by atoms with Crippen molar-refractivity contribution in [2.75, 3.05) is 26.7 Å². The van der Waals surface area contributed by atoms with Gasteiger partial charge in [0.15, 0.2) is 0 Å². The van der Waals surface area contributed by atoms with E-state index in [1.165, 1.54) is 4.31 Å². The second-order valence-corrected chi connectivity index (χ2v) is 7.24. The first-order valence-electron chi connectivity index (χ1n) is 6.42. The first-order chi connectivity index (χ1) is 8.97. The molecule has 0 saturated carbocycles. The van der Waals surface area contributed by atoms with Crippen LogP contribution in [0.4, 0.5) is 0 Å². The Morgan fingerprint density at radius 2 is 2.16 bits per heavy atom. The summed E-state index contributed by atoms with van der Waals surface area (Å²) in [5, 5.41) is 5.15. The second-order valence-electron chi connectivity index (χ2n) is 4.38. The van der Waals surface area contributed by atoms with Crippen molar-refractivity contribution in [3.05, 3.63) is 21.9 Å². The fraction of sp³-hybridized carbons (Fsp3) is 0.667. The number of rotatable bonds is 9. The lowest BCUT2D eigenvalue weighted by molar-refractivity contribution is 0.445. The van der Waals surface area contributed by atoms with Crippen molar-refractivity contribution in [3.8, 4) is 0 Å². The molecule has 1 rings (SSSR count). The topological polar surface area (TPSA) is 61.4 Å². The van der Waals surface area contributed by atoms with E-state index in [1.54, 1.807) is 18.4 Å². The van der Waals surface area contributed by atoms with Gasteiger partial charge in [-0.05, 0) is 43.4 Å². The minimum absolute atomic E-state index is 0.364. The summed E-state index contributed by atoms with van der Waals surface area (Å²) >= 11 is 1.57. The standard InChI is InChI=1S/C12H23N3O2S2/c1-4-13-7-5-8-15(3)19(16,17)14-10-12-11(2)6-9-18-12/h6,9,13-14H,4-5,7-8,10H2,1-3H3. The molecule has 0 saturated heterocycles. The van der Waals surface area contributed by atoms with Crippen molar-refractivity contribution in [3.63, 3.8) is 0 Å². The van der Waals surface area contributed by atoms with E-state index in [1.807, 2.05) is 25.3 Å². The highest BCUT2D eigenvalue weighted by atomic mass is 32.2. The fourth-order valence-electron chi connectivity index (χ4n) is 1.58. The van der Waals surface area contributed by atoms with Gasteiger partial charge in [-0.15, -0.1) is 11.3 Å². The highest BCUT2D eigenvalue weighted by Gasteiger charge is 2.17. The lowest BCUT2D eigenvalue weighted by atomic mass is 10.3. The van der Waals surface area contributed by atoms with Gasteiger partial charge in [-0.1, -0.05) is 6.92 Å². The third-order valence-electron chi connectivity index (χ3n) is 2.87. The Morgan fingerprint density at radius 1 is 1.42 bits per heavy atom. The smallest absolute Gasteiger partial charge is 0.279 e. The number of hydrogen-bond donors (Lipinski definition) is 2.